The lowest BCUT2D eigenvalue weighted by molar-refractivity contribution is 1.02. The van der Waals surface area contributed by atoms with Gasteiger partial charge in [-0.15, -0.1) is 22.7 Å². The third kappa shape index (κ3) is 3.69. The number of aromatic nitrogens is 3. The van der Waals surface area contributed by atoms with Crippen molar-refractivity contribution in [2.75, 3.05) is 0 Å². The molecule has 0 unspecified atom stereocenters. The molecule has 0 amide bonds. The molecule has 0 bridgehead atoms. The maximum absolute atomic E-state index is 5.46. The predicted molar refractivity (Wildman–Crippen MR) is 193 cm³/mol. The van der Waals surface area contributed by atoms with Crippen LogP contribution in [0.15, 0.2) is 140 Å². The number of thiophene rings is 2. The van der Waals surface area contributed by atoms with E-state index in [1.165, 1.54) is 51.6 Å². The molecule has 4 heterocycles. The van der Waals surface area contributed by atoms with Crippen LogP contribution in [0.4, 0.5) is 0 Å². The van der Waals surface area contributed by atoms with E-state index >= 15 is 0 Å². The van der Waals surface area contributed by atoms with Crippen molar-refractivity contribution < 1.29 is 0 Å². The second-order valence-electron chi connectivity index (χ2n) is 11.4. The molecule has 10 aromatic rings. The average Bonchev–Trinajstić information content (AvgIpc) is 3.75. The summed E-state index contributed by atoms with van der Waals surface area (Å²) in [5.74, 6) is 0.697. The number of hydrogen-bond donors (Lipinski definition) is 0. The van der Waals surface area contributed by atoms with Gasteiger partial charge in [0.15, 0.2) is 0 Å². The summed E-state index contributed by atoms with van der Waals surface area (Å²) in [5, 5.41) is 5.90. The third-order valence-electron chi connectivity index (χ3n) is 8.82. The fourth-order valence-electron chi connectivity index (χ4n) is 6.76. The molecule has 0 fully saturated rings. The minimum absolute atomic E-state index is 0.697. The van der Waals surface area contributed by atoms with E-state index in [9.17, 15) is 0 Å². The highest BCUT2D eigenvalue weighted by Gasteiger charge is 2.23. The molecule has 0 saturated heterocycles. The first-order valence-electron chi connectivity index (χ1n) is 15.0. The fourth-order valence-corrected chi connectivity index (χ4v) is 9.53. The molecule has 0 spiro atoms. The Morgan fingerprint density at radius 2 is 1.20 bits per heavy atom. The second kappa shape index (κ2) is 9.57. The van der Waals surface area contributed by atoms with E-state index in [-0.39, 0.29) is 0 Å². The van der Waals surface area contributed by atoms with Gasteiger partial charge in [-0.1, -0.05) is 115 Å². The third-order valence-corrected chi connectivity index (χ3v) is 11.4. The monoisotopic (exact) mass is 609 g/mol. The zero-order chi connectivity index (χ0) is 29.5. The van der Waals surface area contributed by atoms with Crippen molar-refractivity contribution in [3.05, 3.63) is 140 Å². The van der Waals surface area contributed by atoms with Crippen LogP contribution in [-0.4, -0.2) is 14.5 Å². The van der Waals surface area contributed by atoms with Crippen LogP contribution in [0, 0.1) is 0 Å². The van der Waals surface area contributed by atoms with Gasteiger partial charge in [-0.05, 0) is 40.8 Å². The zero-order valence-electron chi connectivity index (χ0n) is 23.9. The molecule has 45 heavy (non-hydrogen) atoms. The Balaban J connectivity index is 1.34. The Labute approximate surface area is 266 Å². The number of benzene rings is 6. The Hall–Kier alpha value is -5.36. The van der Waals surface area contributed by atoms with Gasteiger partial charge in [-0.2, -0.15) is 0 Å². The summed E-state index contributed by atoms with van der Waals surface area (Å²) < 4.78 is 7.53. The van der Waals surface area contributed by atoms with Gasteiger partial charge >= 0.3 is 0 Å². The molecule has 5 heteroatoms. The lowest BCUT2D eigenvalue weighted by atomic mass is 9.98. The van der Waals surface area contributed by atoms with E-state index in [0.29, 0.717) is 5.95 Å². The predicted octanol–water partition coefficient (Wildman–Crippen LogP) is 11.6. The Morgan fingerprint density at radius 1 is 0.467 bits per heavy atom. The van der Waals surface area contributed by atoms with E-state index in [1.807, 2.05) is 22.7 Å². The van der Waals surface area contributed by atoms with Crippen molar-refractivity contribution in [3.63, 3.8) is 0 Å². The maximum Gasteiger partial charge on any atom is 0.235 e. The van der Waals surface area contributed by atoms with Gasteiger partial charge in [-0.3, -0.25) is 4.57 Å². The van der Waals surface area contributed by atoms with Crippen molar-refractivity contribution in [1.29, 1.82) is 0 Å². The molecule has 0 aliphatic heterocycles. The van der Waals surface area contributed by atoms with E-state index in [1.54, 1.807) is 0 Å². The van der Waals surface area contributed by atoms with Crippen LogP contribution < -0.4 is 0 Å². The number of fused-ring (bicyclic) bond motifs is 10. The molecule has 0 saturated carbocycles. The Morgan fingerprint density at radius 3 is 2.11 bits per heavy atom. The van der Waals surface area contributed by atoms with Crippen molar-refractivity contribution >= 4 is 85.0 Å². The summed E-state index contributed by atoms with van der Waals surface area (Å²) in [7, 11) is 0. The molecule has 4 aromatic heterocycles. The molecule has 10 rings (SSSR count). The maximum atomic E-state index is 5.46. The summed E-state index contributed by atoms with van der Waals surface area (Å²) in [6.45, 7) is 0. The quantitative estimate of drug-likeness (QED) is 0.187. The van der Waals surface area contributed by atoms with Crippen LogP contribution >= 0.6 is 22.7 Å². The summed E-state index contributed by atoms with van der Waals surface area (Å²) >= 11 is 3.75. The van der Waals surface area contributed by atoms with E-state index in [0.717, 1.165) is 33.1 Å². The SMILES string of the molecule is c1ccc(-c2cccc(-c3nc(-n4c5ccccc5c5sc6c7ccccc7sc6c54)nc4c3ccc3ccccc34)c2)cc1. The van der Waals surface area contributed by atoms with Crippen LogP contribution in [-0.2, 0) is 0 Å². The number of rotatable bonds is 3. The van der Waals surface area contributed by atoms with Gasteiger partial charge in [0.25, 0.3) is 0 Å². The van der Waals surface area contributed by atoms with Gasteiger partial charge in [0.1, 0.15) is 0 Å². The topological polar surface area (TPSA) is 30.7 Å². The van der Waals surface area contributed by atoms with Crippen LogP contribution in [0.5, 0.6) is 0 Å². The van der Waals surface area contributed by atoms with Crippen molar-refractivity contribution in [3.8, 4) is 28.3 Å². The van der Waals surface area contributed by atoms with E-state index in [2.05, 4.69) is 144 Å². The van der Waals surface area contributed by atoms with Gasteiger partial charge in [0.05, 0.1) is 36.3 Å². The highest BCUT2D eigenvalue weighted by molar-refractivity contribution is 7.37. The Kier molecular flexibility index (Phi) is 5.32. The lowest BCUT2D eigenvalue weighted by Gasteiger charge is -2.14. The van der Waals surface area contributed by atoms with E-state index in [4.69, 9.17) is 9.97 Å². The smallest absolute Gasteiger partial charge is 0.235 e. The number of hydrogen-bond acceptors (Lipinski definition) is 4. The number of para-hydroxylation sites is 1. The largest absolute Gasteiger partial charge is 0.276 e. The summed E-state index contributed by atoms with van der Waals surface area (Å²) in [5.41, 5.74) is 7.65. The van der Waals surface area contributed by atoms with Crippen LogP contribution in [0.2, 0.25) is 0 Å². The molecule has 3 nitrogen and oxygen atoms in total. The lowest BCUT2D eigenvalue weighted by Crippen LogP contribution is -2.03. The molecular weight excluding hydrogens is 587 g/mol. The molecule has 0 atom stereocenters. The van der Waals surface area contributed by atoms with Gasteiger partial charge in [-0.25, -0.2) is 9.97 Å². The standard InChI is InChI=1S/C40H23N3S2/c1-2-11-24(12-3-1)26-14-10-15-27(23-26)34-31-22-21-25-13-4-5-16-28(25)35(31)42-40(41-34)43-32-19-8-6-17-29(32)37-36(43)39-38(45-37)30-18-7-9-20-33(30)44-39/h1-23H. The summed E-state index contributed by atoms with van der Waals surface area (Å²) in [6, 6.07) is 49.6. The summed E-state index contributed by atoms with van der Waals surface area (Å²) in [6.07, 6.45) is 0. The van der Waals surface area contributed by atoms with Crippen molar-refractivity contribution in [2.45, 2.75) is 0 Å². The van der Waals surface area contributed by atoms with Crippen LogP contribution in [0.1, 0.15) is 0 Å². The normalized spacial score (nSPS) is 12.0. The first-order chi connectivity index (χ1) is 22.3. The average molecular weight is 610 g/mol. The molecule has 0 aliphatic carbocycles. The van der Waals surface area contributed by atoms with Gasteiger partial charge in [0, 0.05) is 31.8 Å². The first-order valence-corrected chi connectivity index (χ1v) is 16.6. The first kappa shape index (κ1) is 25.0. The molecule has 0 N–H and O–H groups in total. The number of nitrogens with zero attached hydrogens (tertiary/aromatic N) is 3. The minimum Gasteiger partial charge on any atom is -0.276 e. The molecule has 6 aromatic carbocycles. The fraction of sp³-hybridized carbons (Fsp3) is 0. The van der Waals surface area contributed by atoms with E-state index < -0.39 is 0 Å². The highest BCUT2D eigenvalue weighted by Crippen LogP contribution is 2.48. The molecule has 210 valence electrons. The zero-order valence-corrected chi connectivity index (χ0v) is 25.6. The Bertz CT molecular complexity index is 2770. The molecule has 0 aliphatic rings. The summed E-state index contributed by atoms with van der Waals surface area (Å²) in [4.78, 5) is 10.9. The highest BCUT2D eigenvalue weighted by atomic mass is 32.1. The molecular formula is C40H23N3S2. The molecule has 0 radical (unpaired) electrons. The van der Waals surface area contributed by atoms with Crippen LogP contribution in [0.25, 0.3) is 90.6 Å². The minimum atomic E-state index is 0.697. The van der Waals surface area contributed by atoms with Crippen LogP contribution in [0.3, 0.4) is 0 Å². The van der Waals surface area contributed by atoms with Crippen molar-refractivity contribution in [1.82, 2.24) is 14.5 Å². The van der Waals surface area contributed by atoms with Crippen molar-refractivity contribution in [2.24, 2.45) is 0 Å². The second-order valence-corrected chi connectivity index (χ2v) is 13.5. The van der Waals surface area contributed by atoms with Gasteiger partial charge < -0.3 is 0 Å². The van der Waals surface area contributed by atoms with Gasteiger partial charge in [0.2, 0.25) is 5.95 Å².